The van der Waals surface area contributed by atoms with Crippen LogP contribution in [0, 0.1) is 0 Å². The maximum Gasteiger partial charge on any atom is 0.298 e. The van der Waals surface area contributed by atoms with Gasteiger partial charge in [0.2, 0.25) is 0 Å². The number of imidazole rings is 1. The SMILES string of the molecule is CCn1cnc2c1C=CC(=[N+]=[N-])C2. The van der Waals surface area contributed by atoms with E-state index < -0.39 is 0 Å². The van der Waals surface area contributed by atoms with Crippen molar-refractivity contribution in [1.82, 2.24) is 9.55 Å². The van der Waals surface area contributed by atoms with Crippen LogP contribution < -0.4 is 0 Å². The Morgan fingerprint density at radius 3 is 3.15 bits per heavy atom. The summed E-state index contributed by atoms with van der Waals surface area (Å²) in [6, 6.07) is 0. The Kier molecular flexibility index (Phi) is 1.83. The predicted octanol–water partition coefficient (Wildman–Crippen LogP) is 1.14. The van der Waals surface area contributed by atoms with E-state index in [1.54, 1.807) is 0 Å². The molecule has 4 heteroatoms. The number of hydrogen-bond acceptors (Lipinski definition) is 1. The number of aromatic nitrogens is 2. The third kappa shape index (κ3) is 1.21. The van der Waals surface area contributed by atoms with Crippen molar-refractivity contribution in [2.45, 2.75) is 19.9 Å². The number of rotatable bonds is 1. The van der Waals surface area contributed by atoms with Crippen LogP contribution in [-0.2, 0) is 13.0 Å². The molecular weight excluding hydrogens is 164 g/mol. The Bertz CT molecular complexity index is 407. The van der Waals surface area contributed by atoms with Gasteiger partial charge in [0.05, 0.1) is 24.1 Å². The molecule has 0 aromatic carbocycles. The molecule has 0 atom stereocenters. The minimum Gasteiger partial charge on any atom is -0.361 e. The Labute approximate surface area is 76.1 Å². The summed E-state index contributed by atoms with van der Waals surface area (Å²) < 4.78 is 2.07. The van der Waals surface area contributed by atoms with Crippen LogP contribution in [0.3, 0.4) is 0 Å². The molecule has 0 saturated heterocycles. The molecule has 0 saturated carbocycles. The molecule has 2 rings (SSSR count). The van der Waals surface area contributed by atoms with Crippen molar-refractivity contribution in [3.8, 4) is 0 Å². The minimum absolute atomic E-state index is 0.620. The molecule has 0 unspecified atom stereocenters. The molecule has 0 bridgehead atoms. The fourth-order valence-electron chi connectivity index (χ4n) is 1.49. The number of fused-ring (bicyclic) bond motifs is 1. The average molecular weight is 174 g/mol. The van der Waals surface area contributed by atoms with Crippen LogP contribution in [0.5, 0.6) is 0 Å². The summed E-state index contributed by atoms with van der Waals surface area (Å²) >= 11 is 0. The van der Waals surface area contributed by atoms with Crippen molar-refractivity contribution in [3.05, 3.63) is 29.3 Å². The van der Waals surface area contributed by atoms with Crippen molar-refractivity contribution >= 4 is 11.8 Å². The monoisotopic (exact) mass is 174 g/mol. The molecule has 0 fully saturated rings. The maximum atomic E-state index is 8.58. The number of aryl methyl sites for hydroxylation is 1. The van der Waals surface area contributed by atoms with E-state index in [1.165, 1.54) is 0 Å². The van der Waals surface area contributed by atoms with Gasteiger partial charge >= 0.3 is 0 Å². The highest BCUT2D eigenvalue weighted by Gasteiger charge is 2.18. The van der Waals surface area contributed by atoms with Crippen LogP contribution in [0.4, 0.5) is 0 Å². The summed E-state index contributed by atoms with van der Waals surface area (Å²) in [4.78, 5) is 7.41. The highest BCUT2D eigenvalue weighted by molar-refractivity contribution is 5.97. The summed E-state index contributed by atoms with van der Waals surface area (Å²) in [5, 5.41) is 0. The Hall–Kier alpha value is -1.67. The second-order valence-electron chi connectivity index (χ2n) is 2.96. The molecule has 0 amide bonds. The molecule has 66 valence electrons. The zero-order chi connectivity index (χ0) is 9.26. The molecule has 0 spiro atoms. The summed E-state index contributed by atoms with van der Waals surface area (Å²) in [7, 11) is 0. The van der Waals surface area contributed by atoms with Crippen LogP contribution in [0.1, 0.15) is 18.3 Å². The van der Waals surface area contributed by atoms with E-state index in [0.717, 1.165) is 17.9 Å². The van der Waals surface area contributed by atoms with Crippen LogP contribution in [0.2, 0.25) is 0 Å². The van der Waals surface area contributed by atoms with Crippen LogP contribution in [-0.4, -0.2) is 20.1 Å². The van der Waals surface area contributed by atoms with Gasteiger partial charge in [-0.3, -0.25) is 0 Å². The van der Waals surface area contributed by atoms with E-state index in [1.807, 2.05) is 18.5 Å². The number of hydrogen-bond donors (Lipinski definition) is 0. The standard InChI is InChI=1S/C9H10N4/c1-2-13-6-11-8-5-7(12-10)3-4-9(8)13/h3-4,6H,2,5H2,1H3. The lowest BCUT2D eigenvalue weighted by Gasteiger charge is -2.04. The normalized spacial score (nSPS) is 14.1. The number of nitrogens with zero attached hydrogens (tertiary/aromatic N) is 4. The molecule has 0 N–H and O–H groups in total. The molecule has 0 radical (unpaired) electrons. The van der Waals surface area contributed by atoms with Gasteiger partial charge in [-0.25, -0.2) is 4.98 Å². The number of allylic oxidation sites excluding steroid dienone is 1. The first-order chi connectivity index (χ1) is 6.35. The van der Waals surface area contributed by atoms with Gasteiger partial charge in [0.15, 0.2) is 0 Å². The fourth-order valence-corrected chi connectivity index (χ4v) is 1.49. The second-order valence-corrected chi connectivity index (χ2v) is 2.96. The Balaban J connectivity index is 2.48. The Morgan fingerprint density at radius 1 is 1.62 bits per heavy atom. The minimum atomic E-state index is 0.620. The highest BCUT2D eigenvalue weighted by atomic mass is 15.1. The summed E-state index contributed by atoms with van der Waals surface area (Å²) in [5.74, 6) is 0. The van der Waals surface area contributed by atoms with Crippen molar-refractivity contribution in [1.29, 1.82) is 0 Å². The third-order valence-corrected chi connectivity index (χ3v) is 2.21. The van der Waals surface area contributed by atoms with Crippen molar-refractivity contribution in [3.63, 3.8) is 0 Å². The summed E-state index contributed by atoms with van der Waals surface area (Å²) in [5.41, 5.74) is 11.3. The van der Waals surface area contributed by atoms with E-state index in [2.05, 4.69) is 21.3 Å². The van der Waals surface area contributed by atoms with Crippen molar-refractivity contribution < 1.29 is 4.79 Å². The largest absolute Gasteiger partial charge is 0.361 e. The van der Waals surface area contributed by atoms with E-state index in [4.69, 9.17) is 5.53 Å². The fraction of sp³-hybridized carbons (Fsp3) is 0.333. The first kappa shape index (κ1) is 7.95. The summed E-state index contributed by atoms with van der Waals surface area (Å²) in [6.45, 7) is 2.99. The lowest BCUT2D eigenvalue weighted by molar-refractivity contribution is -0.00560. The van der Waals surface area contributed by atoms with E-state index >= 15 is 0 Å². The van der Waals surface area contributed by atoms with Gasteiger partial charge < -0.3 is 10.1 Å². The molecule has 1 aromatic rings. The first-order valence-corrected chi connectivity index (χ1v) is 4.28. The lowest BCUT2D eigenvalue weighted by Crippen LogP contribution is -2.08. The molecule has 1 aliphatic carbocycles. The molecule has 1 heterocycles. The molecule has 1 aromatic heterocycles. The van der Waals surface area contributed by atoms with E-state index in [9.17, 15) is 0 Å². The van der Waals surface area contributed by atoms with Gasteiger partial charge in [-0.15, -0.1) is 0 Å². The second kappa shape index (κ2) is 2.99. The van der Waals surface area contributed by atoms with Crippen LogP contribution >= 0.6 is 0 Å². The van der Waals surface area contributed by atoms with Crippen molar-refractivity contribution in [2.24, 2.45) is 0 Å². The maximum absolute atomic E-state index is 8.58. The predicted molar refractivity (Wildman–Crippen MR) is 49.3 cm³/mol. The zero-order valence-corrected chi connectivity index (χ0v) is 7.44. The highest BCUT2D eigenvalue weighted by Crippen LogP contribution is 2.15. The molecule has 4 nitrogen and oxygen atoms in total. The Morgan fingerprint density at radius 2 is 2.46 bits per heavy atom. The van der Waals surface area contributed by atoms with Gasteiger partial charge in [-0.2, -0.15) is 4.79 Å². The van der Waals surface area contributed by atoms with Crippen LogP contribution in [0.15, 0.2) is 12.4 Å². The average Bonchev–Trinajstić information content (AvgIpc) is 2.59. The third-order valence-electron chi connectivity index (χ3n) is 2.21. The topological polar surface area (TPSA) is 54.2 Å². The van der Waals surface area contributed by atoms with Crippen LogP contribution in [0.25, 0.3) is 11.6 Å². The van der Waals surface area contributed by atoms with Crippen molar-refractivity contribution in [2.75, 3.05) is 0 Å². The van der Waals surface area contributed by atoms with E-state index in [0.29, 0.717) is 12.1 Å². The first-order valence-electron chi connectivity index (χ1n) is 4.28. The van der Waals surface area contributed by atoms with Gasteiger partial charge in [0.25, 0.3) is 5.71 Å². The quantitative estimate of drug-likeness (QED) is 0.465. The molecular formula is C9H10N4. The smallest absolute Gasteiger partial charge is 0.298 e. The van der Waals surface area contributed by atoms with Gasteiger partial charge in [-0.1, -0.05) is 0 Å². The zero-order valence-electron chi connectivity index (χ0n) is 7.44. The van der Waals surface area contributed by atoms with Gasteiger partial charge in [-0.05, 0) is 13.0 Å². The molecule has 13 heavy (non-hydrogen) atoms. The summed E-state index contributed by atoms with van der Waals surface area (Å²) in [6.07, 6.45) is 6.19. The van der Waals surface area contributed by atoms with E-state index in [-0.39, 0.29) is 0 Å². The lowest BCUT2D eigenvalue weighted by atomic mass is 10.1. The molecule has 1 aliphatic rings. The van der Waals surface area contributed by atoms with Gasteiger partial charge in [0, 0.05) is 12.6 Å². The molecule has 0 aliphatic heterocycles. The van der Waals surface area contributed by atoms with Gasteiger partial charge in [0.1, 0.15) is 0 Å².